The average molecular weight is 690 g/mol. The van der Waals surface area contributed by atoms with Crippen molar-refractivity contribution < 1.29 is 30.7 Å². The molecule has 1 saturated heterocycles. The first kappa shape index (κ1) is 37.9. The second-order valence-electron chi connectivity index (χ2n) is 16.7. The Morgan fingerprint density at radius 2 is 1.58 bits per heavy atom. The summed E-state index contributed by atoms with van der Waals surface area (Å²) in [6.07, 6.45) is -1.28. The fraction of sp³-hybridized carbons (Fsp3) is 0.800. The van der Waals surface area contributed by atoms with Crippen molar-refractivity contribution in [2.75, 3.05) is 34.3 Å². The fourth-order valence-corrected chi connectivity index (χ4v) is 8.56. The van der Waals surface area contributed by atoms with Gasteiger partial charge in [0.1, 0.15) is 12.2 Å². The van der Waals surface area contributed by atoms with Crippen molar-refractivity contribution in [2.45, 2.75) is 122 Å². The van der Waals surface area contributed by atoms with Crippen molar-refractivity contribution in [1.29, 1.82) is 0 Å². The van der Waals surface area contributed by atoms with Gasteiger partial charge in [-0.15, -0.1) is 0 Å². The molecule has 15 heteroatoms. The van der Waals surface area contributed by atoms with Crippen molar-refractivity contribution in [2.24, 2.45) is 5.73 Å². The van der Waals surface area contributed by atoms with Gasteiger partial charge in [-0.05, 0) is 43.2 Å². The molecule has 258 valence electrons. The molecule has 0 saturated carbocycles. The van der Waals surface area contributed by atoms with Crippen LogP contribution in [0.3, 0.4) is 0 Å². The number of hydrogen-bond donors (Lipinski definition) is 1. The van der Waals surface area contributed by atoms with Crippen LogP contribution < -0.4 is 17.0 Å². The molecule has 2 aliphatic heterocycles. The van der Waals surface area contributed by atoms with Crippen molar-refractivity contribution in [3.05, 3.63) is 43.7 Å². The summed E-state index contributed by atoms with van der Waals surface area (Å²) < 4.78 is 55.4. The van der Waals surface area contributed by atoms with E-state index in [0.29, 0.717) is 16.5 Å². The minimum Gasteiger partial charge on any atom is -0.414 e. The Morgan fingerprint density at radius 3 is 2.04 bits per heavy atom. The standard InChI is InChI=1S/C30H57N4O8SSi2/c1-21-18-33(27(36)32(25(21)35)16-15-17-34(8,9)10)26-24(41-45(13,14)29(5,6)7)30(22(31)20-43(37,38)42-30)23(40-26)19-39-44(11,12)28(2,3)4/h18,20,23-24,26H,15-17,19,31H2,1-14H3/q+1/t23-,24+,26-,30?/m1/s1. The van der Waals surface area contributed by atoms with Gasteiger partial charge in [0.05, 0.1) is 45.4 Å². The summed E-state index contributed by atoms with van der Waals surface area (Å²) in [5, 5.41) is 0.462. The zero-order valence-corrected chi connectivity index (χ0v) is 32.6. The van der Waals surface area contributed by atoms with Crippen LogP contribution in [0.1, 0.15) is 59.8 Å². The Kier molecular flexibility index (Phi) is 10.2. The monoisotopic (exact) mass is 689 g/mol. The number of ether oxygens (including phenoxy) is 1. The summed E-state index contributed by atoms with van der Waals surface area (Å²) in [5.41, 5.74) is 4.09. The smallest absolute Gasteiger partial charge is 0.333 e. The van der Waals surface area contributed by atoms with E-state index in [2.05, 4.69) is 54.6 Å². The molecule has 0 amide bonds. The van der Waals surface area contributed by atoms with E-state index in [1.165, 1.54) is 15.3 Å². The number of aromatic nitrogens is 2. The van der Waals surface area contributed by atoms with E-state index in [1.54, 1.807) is 6.92 Å². The van der Waals surface area contributed by atoms with E-state index >= 15 is 0 Å². The Labute approximate surface area is 271 Å². The molecule has 1 fully saturated rings. The van der Waals surface area contributed by atoms with E-state index in [0.717, 1.165) is 12.0 Å². The molecular weight excluding hydrogens is 633 g/mol. The van der Waals surface area contributed by atoms with Gasteiger partial charge in [0.25, 0.3) is 15.7 Å². The molecule has 2 aliphatic rings. The number of nitrogens with zero attached hydrogens (tertiary/aromatic N) is 3. The summed E-state index contributed by atoms with van der Waals surface area (Å²) in [7, 11) is -3.11. The second-order valence-corrected chi connectivity index (χ2v) is 27.6. The predicted octanol–water partition coefficient (Wildman–Crippen LogP) is 3.62. The summed E-state index contributed by atoms with van der Waals surface area (Å²) in [6.45, 7) is 23.3. The fourth-order valence-electron chi connectivity index (χ4n) is 5.05. The average Bonchev–Trinajstić information content (AvgIpc) is 3.26. The predicted molar refractivity (Wildman–Crippen MR) is 181 cm³/mol. The number of nitrogens with two attached hydrogens (primary N) is 1. The van der Waals surface area contributed by atoms with Crippen LogP contribution in [-0.2, 0) is 34.4 Å². The SMILES string of the molecule is Cc1cn([C@@H]2O[C@H](CO[Si](C)(C)C(C)(C)C)C3(OS(=O)(=O)C=C3N)[C@H]2O[Si](C)(C)C(C)(C)C)c(=O)n(CCC[N+](C)(C)C)c1=O. The van der Waals surface area contributed by atoms with Gasteiger partial charge in [0.15, 0.2) is 28.5 Å². The highest BCUT2D eigenvalue weighted by Crippen LogP contribution is 2.52. The molecule has 1 unspecified atom stereocenters. The first-order valence-corrected chi connectivity index (χ1v) is 22.9. The third-order valence-corrected chi connectivity index (χ3v) is 19.9. The Balaban J connectivity index is 2.26. The minimum atomic E-state index is -4.21. The topological polar surface area (TPSA) is 141 Å². The molecule has 3 rings (SSSR count). The third kappa shape index (κ3) is 7.61. The molecule has 4 atom stereocenters. The highest BCUT2D eigenvalue weighted by atomic mass is 32.2. The van der Waals surface area contributed by atoms with Crippen molar-refractivity contribution in [3.63, 3.8) is 0 Å². The van der Waals surface area contributed by atoms with Gasteiger partial charge in [0.2, 0.25) is 0 Å². The second kappa shape index (κ2) is 12.1. The molecule has 0 aromatic carbocycles. The van der Waals surface area contributed by atoms with Crippen LogP contribution in [0, 0.1) is 6.92 Å². The van der Waals surface area contributed by atoms with Crippen molar-refractivity contribution in [1.82, 2.24) is 9.13 Å². The van der Waals surface area contributed by atoms with E-state index in [9.17, 15) is 18.0 Å². The molecule has 2 N–H and O–H groups in total. The first-order valence-electron chi connectivity index (χ1n) is 15.6. The molecule has 1 aromatic rings. The lowest BCUT2D eigenvalue weighted by Crippen LogP contribution is -2.59. The van der Waals surface area contributed by atoms with Gasteiger partial charge in [-0.25, -0.2) is 8.98 Å². The van der Waals surface area contributed by atoms with E-state index in [1.807, 2.05) is 34.2 Å². The number of hydrogen-bond acceptors (Lipinski definition) is 9. The molecule has 3 heterocycles. The van der Waals surface area contributed by atoms with Gasteiger partial charge in [-0.2, -0.15) is 8.42 Å². The van der Waals surface area contributed by atoms with Gasteiger partial charge in [0, 0.05) is 24.7 Å². The van der Waals surface area contributed by atoms with Gasteiger partial charge in [-0.3, -0.25) is 13.9 Å². The summed E-state index contributed by atoms with van der Waals surface area (Å²) in [5.74, 6) is 0. The van der Waals surface area contributed by atoms with Gasteiger partial charge < -0.3 is 23.8 Å². The maximum atomic E-state index is 14.1. The molecular formula is C30H57N4O8SSi2+. The molecule has 45 heavy (non-hydrogen) atoms. The zero-order valence-electron chi connectivity index (χ0n) is 29.8. The lowest BCUT2D eigenvalue weighted by molar-refractivity contribution is -0.870. The normalized spacial score (nSPS) is 26.1. The van der Waals surface area contributed by atoms with E-state index in [4.69, 9.17) is 23.5 Å². The lowest BCUT2D eigenvalue weighted by Gasteiger charge is -2.43. The van der Waals surface area contributed by atoms with Gasteiger partial charge in [-0.1, -0.05) is 41.5 Å². The van der Waals surface area contributed by atoms with Crippen LogP contribution >= 0.6 is 0 Å². The summed E-state index contributed by atoms with van der Waals surface area (Å²) >= 11 is 0. The first-order chi connectivity index (χ1) is 20.1. The maximum Gasteiger partial charge on any atom is 0.333 e. The quantitative estimate of drug-likeness (QED) is 0.222. The molecule has 1 spiro atoms. The largest absolute Gasteiger partial charge is 0.414 e. The Hall–Kier alpha value is -1.60. The Morgan fingerprint density at radius 1 is 1.02 bits per heavy atom. The van der Waals surface area contributed by atoms with Crippen molar-refractivity contribution >= 4 is 26.8 Å². The van der Waals surface area contributed by atoms with Gasteiger partial charge >= 0.3 is 5.69 Å². The molecule has 0 radical (unpaired) electrons. The lowest BCUT2D eigenvalue weighted by atomic mass is 9.89. The number of aryl methyl sites for hydroxylation is 1. The van der Waals surface area contributed by atoms with Crippen LogP contribution in [-0.4, -0.2) is 90.8 Å². The van der Waals surface area contributed by atoms with E-state index in [-0.39, 0.29) is 34.5 Å². The molecule has 1 aromatic heterocycles. The van der Waals surface area contributed by atoms with Crippen LogP contribution in [0.5, 0.6) is 0 Å². The number of quaternary nitrogens is 1. The molecule has 0 bridgehead atoms. The minimum absolute atomic E-state index is 0.0364. The summed E-state index contributed by atoms with van der Waals surface area (Å²) in [4.78, 5) is 27.4. The zero-order chi connectivity index (χ0) is 34.8. The maximum absolute atomic E-state index is 14.1. The van der Waals surface area contributed by atoms with E-state index < -0.39 is 56.5 Å². The van der Waals surface area contributed by atoms with Crippen LogP contribution in [0.15, 0.2) is 26.9 Å². The molecule has 12 nitrogen and oxygen atoms in total. The van der Waals surface area contributed by atoms with Crippen LogP contribution in [0.25, 0.3) is 0 Å². The highest BCUT2D eigenvalue weighted by Gasteiger charge is 2.67. The molecule has 0 aliphatic carbocycles. The Bertz CT molecular complexity index is 1530. The van der Waals surface area contributed by atoms with Crippen molar-refractivity contribution in [3.8, 4) is 0 Å². The summed E-state index contributed by atoms with van der Waals surface area (Å²) in [6, 6.07) is 0. The van der Waals surface area contributed by atoms with Crippen LogP contribution in [0.4, 0.5) is 0 Å². The highest BCUT2D eigenvalue weighted by molar-refractivity contribution is 7.90. The number of rotatable bonds is 10. The third-order valence-electron chi connectivity index (χ3n) is 9.92. The van der Waals surface area contributed by atoms with Crippen LogP contribution in [0.2, 0.25) is 36.3 Å².